The second-order valence-corrected chi connectivity index (χ2v) is 6.67. The molecule has 1 atom stereocenters. The summed E-state index contributed by atoms with van der Waals surface area (Å²) in [6.45, 7) is 4.28. The van der Waals surface area contributed by atoms with Gasteiger partial charge in [-0.1, -0.05) is 12.1 Å². The van der Waals surface area contributed by atoms with Crippen molar-refractivity contribution in [2.45, 2.75) is 38.4 Å². The van der Waals surface area contributed by atoms with Crippen LogP contribution in [0.25, 0.3) is 0 Å². The van der Waals surface area contributed by atoms with Gasteiger partial charge in [-0.05, 0) is 55.9 Å². The van der Waals surface area contributed by atoms with Gasteiger partial charge in [0.25, 0.3) is 0 Å². The molecule has 0 aliphatic carbocycles. The summed E-state index contributed by atoms with van der Waals surface area (Å²) < 4.78 is 0. The van der Waals surface area contributed by atoms with Gasteiger partial charge >= 0.3 is 0 Å². The lowest BCUT2D eigenvalue weighted by atomic mass is 10.1. The quantitative estimate of drug-likeness (QED) is 0.918. The number of nitrogens with zero attached hydrogens (tertiary/aromatic N) is 2. The highest BCUT2D eigenvalue weighted by Crippen LogP contribution is 2.21. The van der Waals surface area contributed by atoms with Crippen molar-refractivity contribution in [2.75, 3.05) is 13.1 Å². The Morgan fingerprint density at radius 2 is 2.14 bits per heavy atom. The normalized spacial score (nSPS) is 19.6. The fourth-order valence-electron chi connectivity index (χ4n) is 2.98. The zero-order chi connectivity index (χ0) is 14.3. The van der Waals surface area contributed by atoms with Crippen LogP contribution in [0.4, 0.5) is 0 Å². The molecule has 2 aromatic heterocycles. The SMILES string of the molecule is c1ccc(CN(Cc2cccs2)[C@H]2CCCNCC2)nc1. The molecule has 0 spiro atoms. The van der Waals surface area contributed by atoms with Crippen LogP contribution >= 0.6 is 11.3 Å². The lowest BCUT2D eigenvalue weighted by molar-refractivity contribution is 0.164. The van der Waals surface area contributed by atoms with Gasteiger partial charge in [0.05, 0.1) is 5.69 Å². The Balaban J connectivity index is 1.72. The number of aromatic nitrogens is 1. The molecule has 0 bridgehead atoms. The Morgan fingerprint density at radius 3 is 2.95 bits per heavy atom. The third kappa shape index (κ3) is 4.37. The van der Waals surface area contributed by atoms with E-state index in [4.69, 9.17) is 0 Å². The molecule has 4 heteroatoms. The smallest absolute Gasteiger partial charge is 0.0544 e. The molecular weight excluding hydrogens is 278 g/mol. The van der Waals surface area contributed by atoms with E-state index in [1.54, 1.807) is 0 Å². The molecule has 1 aliphatic heterocycles. The van der Waals surface area contributed by atoms with Gasteiger partial charge in [-0.2, -0.15) is 0 Å². The molecule has 1 saturated heterocycles. The summed E-state index contributed by atoms with van der Waals surface area (Å²) in [4.78, 5) is 8.57. The summed E-state index contributed by atoms with van der Waals surface area (Å²) in [6, 6.07) is 11.3. The van der Waals surface area contributed by atoms with E-state index in [0.717, 1.165) is 26.2 Å². The Bertz CT molecular complexity index is 504. The van der Waals surface area contributed by atoms with Crippen molar-refractivity contribution in [2.24, 2.45) is 0 Å². The minimum absolute atomic E-state index is 0.657. The topological polar surface area (TPSA) is 28.2 Å². The third-order valence-electron chi connectivity index (χ3n) is 4.09. The minimum Gasteiger partial charge on any atom is -0.317 e. The molecule has 1 N–H and O–H groups in total. The zero-order valence-electron chi connectivity index (χ0n) is 12.4. The maximum absolute atomic E-state index is 4.51. The highest BCUT2D eigenvalue weighted by Gasteiger charge is 2.21. The van der Waals surface area contributed by atoms with Gasteiger partial charge in [-0.3, -0.25) is 9.88 Å². The van der Waals surface area contributed by atoms with Crippen molar-refractivity contribution in [1.29, 1.82) is 0 Å². The molecule has 3 heterocycles. The van der Waals surface area contributed by atoms with E-state index in [-0.39, 0.29) is 0 Å². The van der Waals surface area contributed by atoms with Gasteiger partial charge < -0.3 is 5.32 Å². The fourth-order valence-corrected chi connectivity index (χ4v) is 3.71. The fraction of sp³-hybridized carbons (Fsp3) is 0.471. The highest BCUT2D eigenvalue weighted by atomic mass is 32.1. The van der Waals surface area contributed by atoms with E-state index in [0.29, 0.717) is 6.04 Å². The molecule has 21 heavy (non-hydrogen) atoms. The zero-order valence-corrected chi connectivity index (χ0v) is 13.2. The molecule has 3 rings (SSSR count). The average molecular weight is 301 g/mol. The first-order chi connectivity index (χ1) is 10.4. The van der Waals surface area contributed by atoms with Crippen LogP contribution in [0.1, 0.15) is 29.8 Å². The number of rotatable bonds is 5. The summed E-state index contributed by atoms with van der Waals surface area (Å²) in [5.41, 5.74) is 1.17. The molecule has 1 aliphatic rings. The first-order valence-corrected chi connectivity index (χ1v) is 8.67. The van der Waals surface area contributed by atoms with Crippen LogP contribution in [0.3, 0.4) is 0 Å². The Morgan fingerprint density at radius 1 is 1.14 bits per heavy atom. The average Bonchev–Trinajstić information content (AvgIpc) is 2.87. The van der Waals surface area contributed by atoms with Crippen LogP contribution < -0.4 is 5.32 Å². The Labute approximate surface area is 131 Å². The maximum Gasteiger partial charge on any atom is 0.0544 e. The van der Waals surface area contributed by atoms with Gasteiger partial charge in [0, 0.05) is 30.2 Å². The van der Waals surface area contributed by atoms with Crippen molar-refractivity contribution in [1.82, 2.24) is 15.2 Å². The van der Waals surface area contributed by atoms with E-state index in [1.165, 1.54) is 29.8 Å². The number of thiophene rings is 1. The lowest BCUT2D eigenvalue weighted by Crippen LogP contribution is -2.35. The molecule has 3 nitrogen and oxygen atoms in total. The third-order valence-corrected chi connectivity index (χ3v) is 4.95. The van der Waals surface area contributed by atoms with Crippen LogP contribution in [0.15, 0.2) is 41.9 Å². The number of hydrogen-bond acceptors (Lipinski definition) is 4. The number of hydrogen-bond donors (Lipinski definition) is 1. The second kappa shape index (κ2) is 7.69. The van der Waals surface area contributed by atoms with Gasteiger partial charge in [-0.25, -0.2) is 0 Å². The Hall–Kier alpha value is -1.23. The van der Waals surface area contributed by atoms with Gasteiger partial charge in [0.15, 0.2) is 0 Å². The molecule has 0 aromatic carbocycles. The molecule has 0 amide bonds. The molecule has 0 unspecified atom stereocenters. The Kier molecular flexibility index (Phi) is 5.38. The van der Waals surface area contributed by atoms with Crippen LogP contribution in [-0.4, -0.2) is 29.0 Å². The summed E-state index contributed by atoms with van der Waals surface area (Å²) in [7, 11) is 0. The predicted molar refractivity (Wildman–Crippen MR) is 88.3 cm³/mol. The van der Waals surface area contributed by atoms with Crippen molar-refractivity contribution in [3.05, 3.63) is 52.5 Å². The second-order valence-electron chi connectivity index (χ2n) is 5.64. The van der Waals surface area contributed by atoms with E-state index in [9.17, 15) is 0 Å². The monoisotopic (exact) mass is 301 g/mol. The summed E-state index contributed by atoms with van der Waals surface area (Å²) in [5.74, 6) is 0. The largest absolute Gasteiger partial charge is 0.317 e. The first kappa shape index (κ1) is 14.7. The highest BCUT2D eigenvalue weighted by molar-refractivity contribution is 7.09. The van der Waals surface area contributed by atoms with Gasteiger partial charge in [0.1, 0.15) is 0 Å². The van der Waals surface area contributed by atoms with Crippen molar-refractivity contribution in [3.63, 3.8) is 0 Å². The van der Waals surface area contributed by atoms with E-state index in [2.05, 4.69) is 44.8 Å². The minimum atomic E-state index is 0.657. The summed E-state index contributed by atoms with van der Waals surface area (Å²) >= 11 is 1.85. The van der Waals surface area contributed by atoms with Crippen molar-refractivity contribution in [3.8, 4) is 0 Å². The molecule has 0 saturated carbocycles. The molecule has 1 fully saturated rings. The molecule has 0 radical (unpaired) electrons. The standard InChI is InChI=1S/C17H23N3S/c1-2-10-19-15(5-1)13-20(14-17-7-4-12-21-17)16-6-3-9-18-11-8-16/h1-2,4-5,7,10,12,16,18H,3,6,8-9,11,13-14H2/t16-/m0/s1. The summed E-state index contributed by atoms with van der Waals surface area (Å²) in [5, 5.41) is 5.68. The maximum atomic E-state index is 4.51. The van der Waals surface area contributed by atoms with Crippen molar-refractivity contribution >= 4 is 11.3 Å². The molecule has 2 aromatic rings. The van der Waals surface area contributed by atoms with Crippen LogP contribution in [-0.2, 0) is 13.1 Å². The number of pyridine rings is 1. The van der Waals surface area contributed by atoms with E-state index < -0.39 is 0 Å². The van der Waals surface area contributed by atoms with Crippen LogP contribution in [0.5, 0.6) is 0 Å². The lowest BCUT2D eigenvalue weighted by Gasteiger charge is -2.30. The number of nitrogens with one attached hydrogen (secondary N) is 1. The van der Waals surface area contributed by atoms with E-state index in [1.807, 2.05) is 23.6 Å². The van der Waals surface area contributed by atoms with Gasteiger partial charge in [-0.15, -0.1) is 11.3 Å². The van der Waals surface area contributed by atoms with E-state index >= 15 is 0 Å². The van der Waals surface area contributed by atoms with Gasteiger partial charge in [0.2, 0.25) is 0 Å². The predicted octanol–water partition coefficient (Wildman–Crippen LogP) is 3.29. The molecule has 112 valence electrons. The summed E-state index contributed by atoms with van der Waals surface area (Å²) in [6.07, 6.45) is 5.69. The van der Waals surface area contributed by atoms with Crippen LogP contribution in [0, 0.1) is 0 Å². The first-order valence-electron chi connectivity index (χ1n) is 7.79. The van der Waals surface area contributed by atoms with Crippen LogP contribution in [0.2, 0.25) is 0 Å². The van der Waals surface area contributed by atoms with Crippen molar-refractivity contribution < 1.29 is 0 Å². The molecular formula is C17H23N3S.